The average molecular weight is 475 g/mol. The highest BCUT2D eigenvalue weighted by molar-refractivity contribution is 9.10. The minimum atomic E-state index is -0.830. The van der Waals surface area contributed by atoms with Gasteiger partial charge in [-0.3, -0.25) is 14.4 Å². The maximum Gasteiger partial charge on any atom is 0.296 e. The van der Waals surface area contributed by atoms with Gasteiger partial charge >= 0.3 is 0 Å². The minimum absolute atomic E-state index is 0.228. The van der Waals surface area contributed by atoms with Gasteiger partial charge in [-0.25, -0.2) is 0 Å². The summed E-state index contributed by atoms with van der Waals surface area (Å²) in [6.07, 6.45) is 2.78. The van der Waals surface area contributed by atoms with Gasteiger partial charge < -0.3 is 5.32 Å². The molecular formula is C21H13BrClNO3S. The molecule has 2 aromatic carbocycles. The molecule has 0 spiro atoms. The lowest BCUT2D eigenvalue weighted by molar-refractivity contribution is -0.131. The first-order chi connectivity index (χ1) is 13.5. The molecule has 0 bridgehead atoms. The Kier molecular flexibility index (Phi) is 6.57. The van der Waals surface area contributed by atoms with E-state index < -0.39 is 11.7 Å². The molecule has 1 aromatic heterocycles. The molecule has 0 fully saturated rings. The van der Waals surface area contributed by atoms with Gasteiger partial charge in [-0.05, 0) is 53.9 Å². The van der Waals surface area contributed by atoms with Gasteiger partial charge in [-0.15, -0.1) is 11.3 Å². The molecule has 140 valence electrons. The van der Waals surface area contributed by atoms with Gasteiger partial charge in [0.15, 0.2) is 5.78 Å². The lowest BCUT2D eigenvalue weighted by Crippen LogP contribution is -2.22. The standard InChI is InChI=1S/C21H13BrClNO3S/c22-13-7-9-18(16(12-13)20(26)15-5-1-2-6-17(15)23)24-21(27)19(25)10-8-14-4-3-11-28-14/h1-12H,(H,24,27). The first-order valence-corrected chi connectivity index (χ1v) is 10.2. The number of benzene rings is 2. The van der Waals surface area contributed by atoms with Crippen LogP contribution in [0.5, 0.6) is 0 Å². The Labute approximate surface area is 179 Å². The van der Waals surface area contributed by atoms with Crippen molar-refractivity contribution in [1.82, 2.24) is 0 Å². The summed E-state index contributed by atoms with van der Waals surface area (Å²) < 4.78 is 0.657. The highest BCUT2D eigenvalue weighted by Gasteiger charge is 2.19. The van der Waals surface area contributed by atoms with Crippen molar-refractivity contribution >= 4 is 68.1 Å². The van der Waals surface area contributed by atoms with Gasteiger partial charge in [0.25, 0.3) is 5.91 Å². The third-order valence-electron chi connectivity index (χ3n) is 3.76. The number of hydrogen-bond acceptors (Lipinski definition) is 4. The lowest BCUT2D eigenvalue weighted by atomic mass is 10.0. The Morgan fingerprint density at radius 1 is 1.00 bits per heavy atom. The number of carbonyl (C=O) groups excluding carboxylic acids is 3. The predicted octanol–water partition coefficient (Wildman–Crippen LogP) is 5.62. The molecule has 0 unspecified atom stereocenters. The Bertz CT molecular complexity index is 1080. The second kappa shape index (κ2) is 9.10. The van der Waals surface area contributed by atoms with Crippen LogP contribution in [0.4, 0.5) is 5.69 Å². The van der Waals surface area contributed by atoms with Crippen LogP contribution in [0.15, 0.2) is 70.5 Å². The summed E-state index contributed by atoms with van der Waals surface area (Å²) in [5, 5.41) is 4.70. The number of nitrogens with one attached hydrogen (secondary N) is 1. The summed E-state index contributed by atoms with van der Waals surface area (Å²) in [6.45, 7) is 0. The van der Waals surface area contributed by atoms with Crippen LogP contribution in [0, 0.1) is 0 Å². The van der Waals surface area contributed by atoms with E-state index in [1.165, 1.54) is 17.4 Å². The van der Waals surface area contributed by atoms with Crippen molar-refractivity contribution in [1.29, 1.82) is 0 Å². The van der Waals surface area contributed by atoms with E-state index in [2.05, 4.69) is 21.2 Å². The van der Waals surface area contributed by atoms with Crippen molar-refractivity contribution < 1.29 is 14.4 Å². The van der Waals surface area contributed by atoms with Crippen LogP contribution in [0.3, 0.4) is 0 Å². The fourth-order valence-corrected chi connectivity index (χ4v) is 3.61. The predicted molar refractivity (Wildman–Crippen MR) is 116 cm³/mol. The summed E-state index contributed by atoms with van der Waals surface area (Å²) in [7, 11) is 0. The van der Waals surface area contributed by atoms with E-state index in [-0.39, 0.29) is 17.0 Å². The third-order valence-corrected chi connectivity index (χ3v) is 5.42. The van der Waals surface area contributed by atoms with Gasteiger partial charge in [0.1, 0.15) is 0 Å². The van der Waals surface area contributed by atoms with E-state index in [9.17, 15) is 14.4 Å². The van der Waals surface area contributed by atoms with Crippen LogP contribution in [-0.4, -0.2) is 17.5 Å². The number of thiophene rings is 1. The topological polar surface area (TPSA) is 63.2 Å². The summed E-state index contributed by atoms with van der Waals surface area (Å²) in [5.74, 6) is -1.90. The molecule has 3 rings (SSSR count). The Hall–Kier alpha value is -2.54. The van der Waals surface area contributed by atoms with Crippen molar-refractivity contribution in [2.24, 2.45) is 0 Å². The second-order valence-electron chi connectivity index (χ2n) is 5.67. The van der Waals surface area contributed by atoms with Crippen LogP contribution in [0.25, 0.3) is 6.08 Å². The molecule has 0 saturated heterocycles. The summed E-state index contributed by atoms with van der Waals surface area (Å²) >= 11 is 10.9. The Balaban J connectivity index is 1.84. The molecule has 0 aliphatic heterocycles. The highest BCUT2D eigenvalue weighted by atomic mass is 79.9. The van der Waals surface area contributed by atoms with E-state index in [1.807, 2.05) is 17.5 Å². The van der Waals surface area contributed by atoms with Crippen LogP contribution < -0.4 is 5.32 Å². The summed E-state index contributed by atoms with van der Waals surface area (Å²) in [6, 6.07) is 15.1. The van der Waals surface area contributed by atoms with Crippen molar-refractivity contribution in [2.45, 2.75) is 0 Å². The van der Waals surface area contributed by atoms with E-state index in [0.29, 0.717) is 15.1 Å². The molecule has 0 atom stereocenters. The maximum absolute atomic E-state index is 12.9. The van der Waals surface area contributed by atoms with Crippen molar-refractivity contribution in [3.05, 3.63) is 91.6 Å². The van der Waals surface area contributed by atoms with Gasteiger partial charge in [0.05, 0.1) is 10.7 Å². The van der Waals surface area contributed by atoms with E-state index in [1.54, 1.807) is 48.5 Å². The number of hydrogen-bond donors (Lipinski definition) is 1. The highest BCUT2D eigenvalue weighted by Crippen LogP contribution is 2.26. The zero-order valence-electron chi connectivity index (χ0n) is 14.3. The fourth-order valence-electron chi connectivity index (χ4n) is 2.41. The molecule has 4 nitrogen and oxygen atoms in total. The monoisotopic (exact) mass is 473 g/mol. The number of rotatable bonds is 6. The number of amides is 1. The average Bonchev–Trinajstić information content (AvgIpc) is 3.21. The lowest BCUT2D eigenvalue weighted by Gasteiger charge is -2.11. The molecular weight excluding hydrogens is 462 g/mol. The molecule has 0 saturated carbocycles. The number of anilines is 1. The first-order valence-electron chi connectivity index (χ1n) is 8.11. The van der Waals surface area contributed by atoms with E-state index >= 15 is 0 Å². The zero-order chi connectivity index (χ0) is 20.1. The number of halogens is 2. The quantitative estimate of drug-likeness (QED) is 0.287. The molecule has 7 heteroatoms. The number of carbonyl (C=O) groups is 3. The molecule has 28 heavy (non-hydrogen) atoms. The van der Waals surface area contributed by atoms with Gasteiger partial charge in [-0.2, -0.15) is 0 Å². The van der Waals surface area contributed by atoms with Gasteiger partial charge in [-0.1, -0.05) is 45.7 Å². The normalized spacial score (nSPS) is 10.8. The fraction of sp³-hybridized carbons (Fsp3) is 0. The van der Waals surface area contributed by atoms with Crippen LogP contribution >= 0.6 is 38.9 Å². The van der Waals surface area contributed by atoms with Crippen molar-refractivity contribution in [2.75, 3.05) is 5.32 Å². The van der Waals surface area contributed by atoms with Crippen molar-refractivity contribution in [3.63, 3.8) is 0 Å². The van der Waals surface area contributed by atoms with Crippen LogP contribution in [0.2, 0.25) is 5.02 Å². The molecule has 0 radical (unpaired) electrons. The van der Waals surface area contributed by atoms with E-state index in [0.717, 1.165) is 4.88 Å². The molecule has 0 aliphatic rings. The Morgan fingerprint density at radius 2 is 1.79 bits per heavy atom. The van der Waals surface area contributed by atoms with E-state index in [4.69, 9.17) is 11.6 Å². The third kappa shape index (κ3) is 4.84. The SMILES string of the molecule is O=C(C=Cc1cccs1)C(=O)Nc1ccc(Br)cc1C(=O)c1ccccc1Cl. The summed E-state index contributed by atoms with van der Waals surface area (Å²) in [4.78, 5) is 38.2. The molecule has 3 aromatic rings. The van der Waals surface area contributed by atoms with Crippen molar-refractivity contribution in [3.8, 4) is 0 Å². The molecule has 0 aliphatic carbocycles. The maximum atomic E-state index is 12.9. The molecule has 1 N–H and O–H groups in total. The molecule has 1 heterocycles. The minimum Gasteiger partial charge on any atom is -0.318 e. The van der Waals surface area contributed by atoms with Crippen LogP contribution in [-0.2, 0) is 9.59 Å². The van der Waals surface area contributed by atoms with Gasteiger partial charge in [0.2, 0.25) is 5.78 Å². The first kappa shape index (κ1) is 20.2. The Morgan fingerprint density at radius 3 is 2.50 bits per heavy atom. The smallest absolute Gasteiger partial charge is 0.296 e. The van der Waals surface area contributed by atoms with Crippen LogP contribution in [0.1, 0.15) is 20.8 Å². The van der Waals surface area contributed by atoms with Gasteiger partial charge in [0, 0.05) is 20.5 Å². The largest absolute Gasteiger partial charge is 0.318 e. The second-order valence-corrected chi connectivity index (χ2v) is 7.97. The molecule has 1 amide bonds. The zero-order valence-corrected chi connectivity index (χ0v) is 17.5. The summed E-state index contributed by atoms with van der Waals surface area (Å²) in [5.41, 5.74) is 0.767. The number of ketones is 2.